The lowest BCUT2D eigenvalue weighted by Gasteiger charge is -2.38. The first-order valence-corrected chi connectivity index (χ1v) is 7.28. The van der Waals surface area contributed by atoms with E-state index >= 15 is 0 Å². The Balaban J connectivity index is 2.74. The molecule has 0 aromatic rings. The zero-order valence-electron chi connectivity index (χ0n) is 12.6. The van der Waals surface area contributed by atoms with Crippen LogP contribution < -0.4 is 5.43 Å². The molecule has 1 rings (SSSR count). The second-order valence-electron chi connectivity index (χ2n) is 6.13. The SMILES string of the molecule is C=C(C)C(C)[C@@H](CC(C)C)C(=C)N1CCCCN1. The zero-order valence-corrected chi connectivity index (χ0v) is 12.6. The fraction of sp³-hybridized carbons (Fsp3) is 0.750. The van der Waals surface area contributed by atoms with E-state index in [2.05, 4.69) is 51.3 Å². The van der Waals surface area contributed by atoms with Gasteiger partial charge in [-0.25, -0.2) is 5.43 Å². The minimum absolute atomic E-state index is 0.503. The second kappa shape index (κ2) is 6.98. The molecule has 0 amide bonds. The predicted molar refractivity (Wildman–Crippen MR) is 80.0 cm³/mol. The standard InChI is InChI=1S/C16H30N2/c1-12(2)11-16(14(5)13(3)4)15(6)18-10-8-7-9-17-18/h12,14,16-17H,3,6-11H2,1-2,4-5H3/t14?,16-/m1/s1. The van der Waals surface area contributed by atoms with Gasteiger partial charge in [-0.1, -0.05) is 39.5 Å². The molecule has 1 aliphatic rings. The quantitative estimate of drug-likeness (QED) is 0.717. The molecule has 1 fully saturated rings. The maximum atomic E-state index is 4.36. The Morgan fingerprint density at radius 3 is 2.33 bits per heavy atom. The number of nitrogens with zero attached hydrogens (tertiary/aromatic N) is 1. The monoisotopic (exact) mass is 250 g/mol. The van der Waals surface area contributed by atoms with Crippen molar-refractivity contribution in [1.29, 1.82) is 0 Å². The van der Waals surface area contributed by atoms with Crippen LogP contribution in [0.1, 0.15) is 47.0 Å². The lowest BCUT2D eigenvalue weighted by atomic mass is 9.81. The van der Waals surface area contributed by atoms with Crippen molar-refractivity contribution in [3.05, 3.63) is 24.4 Å². The fourth-order valence-corrected chi connectivity index (χ4v) is 2.61. The lowest BCUT2D eigenvalue weighted by Crippen LogP contribution is -2.44. The van der Waals surface area contributed by atoms with E-state index in [1.54, 1.807) is 0 Å². The summed E-state index contributed by atoms with van der Waals surface area (Å²) in [4.78, 5) is 0. The summed E-state index contributed by atoms with van der Waals surface area (Å²) >= 11 is 0. The Kier molecular flexibility index (Phi) is 5.94. The van der Waals surface area contributed by atoms with Gasteiger partial charge in [-0.15, -0.1) is 0 Å². The van der Waals surface area contributed by atoms with Crippen LogP contribution in [0, 0.1) is 17.8 Å². The maximum Gasteiger partial charge on any atom is 0.0341 e. The molecule has 1 saturated heterocycles. The molecule has 104 valence electrons. The summed E-state index contributed by atoms with van der Waals surface area (Å²) in [6.07, 6.45) is 3.72. The fourth-order valence-electron chi connectivity index (χ4n) is 2.61. The molecular weight excluding hydrogens is 220 g/mol. The normalized spacial score (nSPS) is 19.7. The number of hydrogen-bond acceptors (Lipinski definition) is 2. The van der Waals surface area contributed by atoms with Crippen LogP contribution in [0.5, 0.6) is 0 Å². The van der Waals surface area contributed by atoms with E-state index in [1.165, 1.54) is 30.5 Å². The van der Waals surface area contributed by atoms with Crippen molar-refractivity contribution < 1.29 is 0 Å². The Bertz CT molecular complexity index is 287. The first-order chi connectivity index (χ1) is 8.43. The molecule has 0 aliphatic carbocycles. The third kappa shape index (κ3) is 4.16. The van der Waals surface area contributed by atoms with Crippen LogP contribution in [-0.2, 0) is 0 Å². The highest BCUT2D eigenvalue weighted by Gasteiger charge is 2.26. The summed E-state index contributed by atoms with van der Waals surface area (Å²) in [6, 6.07) is 0. The van der Waals surface area contributed by atoms with Gasteiger partial charge in [0.05, 0.1) is 0 Å². The van der Waals surface area contributed by atoms with Crippen molar-refractivity contribution in [3.8, 4) is 0 Å². The average molecular weight is 250 g/mol. The predicted octanol–water partition coefficient (Wildman–Crippen LogP) is 3.98. The highest BCUT2D eigenvalue weighted by atomic mass is 15.5. The molecule has 1 aliphatic heterocycles. The van der Waals surface area contributed by atoms with Gasteiger partial charge in [-0.3, -0.25) is 0 Å². The third-order valence-corrected chi connectivity index (χ3v) is 3.99. The van der Waals surface area contributed by atoms with Crippen molar-refractivity contribution in [2.45, 2.75) is 47.0 Å². The summed E-state index contributed by atoms with van der Waals surface area (Å²) in [5.74, 6) is 1.70. The number of hydrazine groups is 1. The van der Waals surface area contributed by atoms with E-state index in [0.717, 1.165) is 13.1 Å². The van der Waals surface area contributed by atoms with Crippen LogP contribution in [0.4, 0.5) is 0 Å². The molecule has 0 aromatic carbocycles. The Morgan fingerprint density at radius 1 is 1.22 bits per heavy atom. The number of nitrogens with one attached hydrogen (secondary N) is 1. The molecule has 2 heteroatoms. The molecule has 1 heterocycles. The smallest absolute Gasteiger partial charge is 0.0341 e. The van der Waals surface area contributed by atoms with Gasteiger partial charge in [0.2, 0.25) is 0 Å². The molecule has 0 aromatic heterocycles. The highest BCUT2D eigenvalue weighted by Crippen LogP contribution is 2.32. The third-order valence-electron chi connectivity index (χ3n) is 3.99. The molecule has 1 N–H and O–H groups in total. The molecule has 0 bridgehead atoms. The van der Waals surface area contributed by atoms with Crippen LogP contribution in [0.15, 0.2) is 24.4 Å². The molecule has 0 radical (unpaired) electrons. The molecule has 0 spiro atoms. The number of rotatable bonds is 6. The molecular formula is C16H30N2. The van der Waals surface area contributed by atoms with E-state index in [4.69, 9.17) is 0 Å². The van der Waals surface area contributed by atoms with Crippen molar-refractivity contribution in [3.63, 3.8) is 0 Å². The van der Waals surface area contributed by atoms with Gasteiger partial charge in [0.1, 0.15) is 0 Å². The Morgan fingerprint density at radius 2 is 1.89 bits per heavy atom. The van der Waals surface area contributed by atoms with Gasteiger partial charge >= 0.3 is 0 Å². The topological polar surface area (TPSA) is 15.3 Å². The Hall–Kier alpha value is -0.760. The molecule has 0 saturated carbocycles. The number of allylic oxidation sites excluding steroid dienone is 2. The summed E-state index contributed by atoms with van der Waals surface area (Å²) in [7, 11) is 0. The van der Waals surface area contributed by atoms with Crippen LogP contribution in [0.2, 0.25) is 0 Å². The minimum Gasteiger partial charge on any atom is -0.313 e. The average Bonchev–Trinajstić information content (AvgIpc) is 2.35. The van der Waals surface area contributed by atoms with Gasteiger partial charge in [0.25, 0.3) is 0 Å². The molecule has 2 atom stereocenters. The lowest BCUT2D eigenvalue weighted by molar-refractivity contribution is 0.164. The zero-order chi connectivity index (χ0) is 13.7. The summed E-state index contributed by atoms with van der Waals surface area (Å²) in [5, 5.41) is 2.27. The Labute approximate surface area is 113 Å². The van der Waals surface area contributed by atoms with Crippen LogP contribution >= 0.6 is 0 Å². The highest BCUT2D eigenvalue weighted by molar-refractivity contribution is 5.09. The van der Waals surface area contributed by atoms with Crippen LogP contribution in [-0.4, -0.2) is 18.1 Å². The first kappa shape index (κ1) is 15.3. The van der Waals surface area contributed by atoms with E-state index < -0.39 is 0 Å². The maximum absolute atomic E-state index is 4.36. The molecule has 2 nitrogen and oxygen atoms in total. The molecule has 1 unspecified atom stereocenters. The van der Waals surface area contributed by atoms with Crippen molar-refractivity contribution in [2.24, 2.45) is 17.8 Å². The van der Waals surface area contributed by atoms with Gasteiger partial charge in [0.15, 0.2) is 0 Å². The minimum atomic E-state index is 0.503. The van der Waals surface area contributed by atoms with Crippen LogP contribution in [0.3, 0.4) is 0 Å². The van der Waals surface area contributed by atoms with Gasteiger partial charge in [-0.2, -0.15) is 0 Å². The summed E-state index contributed by atoms with van der Waals surface area (Å²) in [6.45, 7) is 19.6. The molecule has 18 heavy (non-hydrogen) atoms. The second-order valence-corrected chi connectivity index (χ2v) is 6.13. The van der Waals surface area contributed by atoms with Crippen molar-refractivity contribution >= 4 is 0 Å². The van der Waals surface area contributed by atoms with E-state index in [-0.39, 0.29) is 0 Å². The van der Waals surface area contributed by atoms with Crippen molar-refractivity contribution in [1.82, 2.24) is 10.4 Å². The van der Waals surface area contributed by atoms with Crippen molar-refractivity contribution in [2.75, 3.05) is 13.1 Å². The number of hydrogen-bond donors (Lipinski definition) is 1. The summed E-state index contributed by atoms with van der Waals surface area (Å²) in [5.41, 5.74) is 5.98. The first-order valence-electron chi connectivity index (χ1n) is 7.28. The largest absolute Gasteiger partial charge is 0.313 e. The van der Waals surface area contributed by atoms with E-state index in [0.29, 0.717) is 17.8 Å². The van der Waals surface area contributed by atoms with Crippen LogP contribution in [0.25, 0.3) is 0 Å². The van der Waals surface area contributed by atoms with E-state index in [9.17, 15) is 0 Å². The van der Waals surface area contributed by atoms with Gasteiger partial charge < -0.3 is 5.01 Å². The van der Waals surface area contributed by atoms with E-state index in [1.807, 2.05) is 0 Å². The van der Waals surface area contributed by atoms with Gasteiger partial charge in [-0.05, 0) is 38.0 Å². The van der Waals surface area contributed by atoms with Gasteiger partial charge in [0, 0.05) is 24.7 Å². The summed E-state index contributed by atoms with van der Waals surface area (Å²) < 4.78 is 0.